The van der Waals surface area contributed by atoms with Gasteiger partial charge in [-0.15, -0.1) is 0 Å². The molecule has 0 bridgehead atoms. The van der Waals surface area contributed by atoms with E-state index in [2.05, 4.69) is 4.99 Å². The van der Waals surface area contributed by atoms with Gasteiger partial charge in [0.25, 0.3) is 0 Å². The fourth-order valence-electron chi connectivity index (χ4n) is 0.916. The Balaban J connectivity index is 3.85. The maximum atomic E-state index is 11.1. The standard InChI is InChI=1S/C8H18N2O2/c1-4-5-10(6-7-12-3)8(11)9-2/h4-7H2,1-3H3,(H,9,11)/p-1. The first kappa shape index (κ1) is 11.2. The molecule has 4 nitrogen and oxygen atoms in total. The molecule has 0 fully saturated rings. The van der Waals surface area contributed by atoms with Crippen molar-refractivity contribution in [3.8, 4) is 0 Å². The minimum atomic E-state index is -0.158. The Bertz CT molecular complexity index is 137. The van der Waals surface area contributed by atoms with Crippen molar-refractivity contribution >= 4 is 6.02 Å². The van der Waals surface area contributed by atoms with Crippen LogP contribution in [0.5, 0.6) is 0 Å². The molecule has 0 aromatic heterocycles. The fraction of sp³-hybridized carbons (Fsp3) is 0.875. The molecule has 12 heavy (non-hydrogen) atoms. The number of hydrogen-bond acceptors (Lipinski definition) is 3. The summed E-state index contributed by atoms with van der Waals surface area (Å²) in [4.78, 5) is 5.28. The Morgan fingerprint density at radius 2 is 2.17 bits per heavy atom. The van der Waals surface area contributed by atoms with E-state index < -0.39 is 0 Å². The number of hydrogen-bond donors (Lipinski definition) is 0. The number of aliphatic imine (C=N–C) groups is 1. The molecule has 0 spiro atoms. The van der Waals surface area contributed by atoms with Crippen LogP contribution < -0.4 is 5.11 Å². The highest BCUT2D eigenvalue weighted by molar-refractivity contribution is 5.68. The maximum absolute atomic E-state index is 11.1. The predicted molar refractivity (Wildman–Crippen MR) is 47.1 cm³/mol. The van der Waals surface area contributed by atoms with Crippen molar-refractivity contribution < 1.29 is 9.84 Å². The first-order chi connectivity index (χ1) is 5.76. The topological polar surface area (TPSA) is 47.9 Å². The molecule has 0 radical (unpaired) electrons. The van der Waals surface area contributed by atoms with Gasteiger partial charge in [0.2, 0.25) is 0 Å². The van der Waals surface area contributed by atoms with Gasteiger partial charge in [0.05, 0.1) is 6.61 Å². The second-order valence-electron chi connectivity index (χ2n) is 2.49. The summed E-state index contributed by atoms with van der Waals surface area (Å²) in [6.45, 7) is 3.98. The average molecular weight is 173 g/mol. The molecule has 72 valence electrons. The van der Waals surface area contributed by atoms with E-state index in [-0.39, 0.29) is 6.02 Å². The third-order valence-corrected chi connectivity index (χ3v) is 1.52. The average Bonchev–Trinajstić information content (AvgIpc) is 2.11. The van der Waals surface area contributed by atoms with Gasteiger partial charge in [-0.05, 0) is 6.42 Å². The molecule has 0 N–H and O–H groups in total. The number of amidine groups is 1. The van der Waals surface area contributed by atoms with Crippen LogP contribution in [0, 0.1) is 0 Å². The zero-order valence-electron chi connectivity index (χ0n) is 8.04. The molecule has 0 atom stereocenters. The summed E-state index contributed by atoms with van der Waals surface area (Å²) in [6, 6.07) is -0.158. The van der Waals surface area contributed by atoms with Crippen molar-refractivity contribution in [3.63, 3.8) is 0 Å². The summed E-state index contributed by atoms with van der Waals surface area (Å²) < 4.78 is 4.88. The first-order valence-corrected chi connectivity index (χ1v) is 4.14. The lowest BCUT2D eigenvalue weighted by Gasteiger charge is -2.28. The monoisotopic (exact) mass is 173 g/mol. The van der Waals surface area contributed by atoms with E-state index >= 15 is 0 Å². The molecular formula is C8H17N2O2-. The van der Waals surface area contributed by atoms with E-state index in [0.717, 1.165) is 13.0 Å². The second-order valence-corrected chi connectivity index (χ2v) is 2.49. The van der Waals surface area contributed by atoms with Gasteiger partial charge in [-0.25, -0.2) is 0 Å². The lowest BCUT2D eigenvalue weighted by Crippen LogP contribution is -2.42. The highest BCUT2D eigenvalue weighted by Crippen LogP contribution is 1.90. The zero-order chi connectivity index (χ0) is 9.40. The van der Waals surface area contributed by atoms with Crippen LogP contribution in [0.2, 0.25) is 0 Å². The quantitative estimate of drug-likeness (QED) is 0.423. The molecule has 0 unspecified atom stereocenters. The van der Waals surface area contributed by atoms with E-state index in [1.807, 2.05) is 6.92 Å². The Hall–Kier alpha value is -0.770. The predicted octanol–water partition coefficient (Wildman–Crippen LogP) is -0.309. The molecule has 0 heterocycles. The van der Waals surface area contributed by atoms with Crippen LogP contribution in [-0.4, -0.2) is 44.8 Å². The summed E-state index contributed by atoms with van der Waals surface area (Å²) in [5, 5.41) is 11.1. The first-order valence-electron chi connectivity index (χ1n) is 4.14. The van der Waals surface area contributed by atoms with E-state index in [0.29, 0.717) is 13.2 Å². The van der Waals surface area contributed by atoms with Crippen LogP contribution in [-0.2, 0) is 4.74 Å². The molecular weight excluding hydrogens is 156 g/mol. The SMILES string of the molecule is CCCN(CCOC)C([O-])=NC. The van der Waals surface area contributed by atoms with E-state index in [4.69, 9.17) is 4.74 Å². The van der Waals surface area contributed by atoms with E-state index in [1.165, 1.54) is 7.05 Å². The summed E-state index contributed by atoms with van der Waals surface area (Å²) in [6.07, 6.45) is 0.949. The van der Waals surface area contributed by atoms with Crippen LogP contribution in [0.4, 0.5) is 0 Å². The van der Waals surface area contributed by atoms with Crippen LogP contribution in [0.15, 0.2) is 4.99 Å². The smallest absolute Gasteiger partial charge is 0.0637 e. The molecule has 0 saturated heterocycles. The van der Waals surface area contributed by atoms with Gasteiger partial charge in [0.1, 0.15) is 0 Å². The molecule has 0 aliphatic heterocycles. The minimum absolute atomic E-state index is 0.158. The van der Waals surface area contributed by atoms with Gasteiger partial charge >= 0.3 is 0 Å². The van der Waals surface area contributed by atoms with Gasteiger partial charge in [-0.1, -0.05) is 6.92 Å². The van der Waals surface area contributed by atoms with Gasteiger partial charge in [-0.2, -0.15) is 0 Å². The van der Waals surface area contributed by atoms with Gasteiger partial charge in [-0.3, -0.25) is 4.99 Å². The largest absolute Gasteiger partial charge is 0.846 e. The molecule has 0 aromatic carbocycles. The highest BCUT2D eigenvalue weighted by atomic mass is 16.5. The highest BCUT2D eigenvalue weighted by Gasteiger charge is 1.99. The Labute approximate surface area is 73.9 Å². The molecule has 0 aliphatic rings. The molecule has 0 aliphatic carbocycles. The molecule has 0 aromatic rings. The minimum Gasteiger partial charge on any atom is -0.846 e. The Kier molecular flexibility index (Phi) is 6.47. The van der Waals surface area contributed by atoms with Gasteiger partial charge in [0.15, 0.2) is 0 Å². The van der Waals surface area contributed by atoms with Crippen molar-refractivity contribution in [2.75, 3.05) is 33.9 Å². The van der Waals surface area contributed by atoms with Crippen molar-refractivity contribution in [3.05, 3.63) is 0 Å². The summed E-state index contributed by atoms with van der Waals surface area (Å²) in [5.74, 6) is 0. The van der Waals surface area contributed by atoms with Gasteiger partial charge < -0.3 is 14.7 Å². The number of methoxy groups -OCH3 is 1. The number of rotatable bonds is 5. The third kappa shape index (κ3) is 4.18. The second kappa shape index (κ2) is 6.91. The summed E-state index contributed by atoms with van der Waals surface area (Å²) in [7, 11) is 3.13. The van der Waals surface area contributed by atoms with Crippen LogP contribution in [0.1, 0.15) is 13.3 Å². The summed E-state index contributed by atoms with van der Waals surface area (Å²) >= 11 is 0. The van der Waals surface area contributed by atoms with Crippen molar-refractivity contribution in [1.29, 1.82) is 0 Å². The molecule has 0 rings (SSSR count). The molecule has 0 saturated carbocycles. The van der Waals surface area contributed by atoms with Crippen molar-refractivity contribution in [1.82, 2.24) is 4.90 Å². The van der Waals surface area contributed by atoms with Crippen molar-refractivity contribution in [2.45, 2.75) is 13.3 Å². The summed E-state index contributed by atoms with van der Waals surface area (Å²) in [5.41, 5.74) is 0. The fourth-order valence-corrected chi connectivity index (χ4v) is 0.916. The van der Waals surface area contributed by atoms with E-state index in [1.54, 1.807) is 12.0 Å². The van der Waals surface area contributed by atoms with Crippen LogP contribution in [0.25, 0.3) is 0 Å². The number of nitrogens with zero attached hydrogens (tertiary/aromatic N) is 2. The zero-order valence-corrected chi connectivity index (χ0v) is 8.04. The maximum Gasteiger partial charge on any atom is 0.0637 e. The normalized spacial score (nSPS) is 11.8. The van der Waals surface area contributed by atoms with Crippen LogP contribution in [0.3, 0.4) is 0 Å². The number of ether oxygens (including phenoxy) is 1. The molecule has 0 amide bonds. The van der Waals surface area contributed by atoms with Crippen molar-refractivity contribution in [2.24, 2.45) is 4.99 Å². The lowest BCUT2D eigenvalue weighted by molar-refractivity contribution is -0.235. The Morgan fingerprint density at radius 3 is 2.58 bits per heavy atom. The van der Waals surface area contributed by atoms with Gasteiger partial charge in [0, 0.05) is 33.3 Å². The Morgan fingerprint density at radius 1 is 1.50 bits per heavy atom. The molecule has 4 heteroatoms. The van der Waals surface area contributed by atoms with E-state index in [9.17, 15) is 5.11 Å². The third-order valence-electron chi connectivity index (χ3n) is 1.52. The van der Waals surface area contributed by atoms with Crippen LogP contribution >= 0.6 is 0 Å². The lowest BCUT2D eigenvalue weighted by atomic mass is 10.4.